The predicted molar refractivity (Wildman–Crippen MR) is 163 cm³/mol. The van der Waals surface area contributed by atoms with Gasteiger partial charge in [-0.3, -0.25) is 24.6 Å². The molecule has 2 aliphatic rings. The first kappa shape index (κ1) is 34.7. The fourth-order valence-corrected chi connectivity index (χ4v) is 5.40. The second kappa shape index (κ2) is 16.4. The summed E-state index contributed by atoms with van der Waals surface area (Å²) in [5.41, 5.74) is 2.25. The van der Waals surface area contributed by atoms with E-state index in [-0.39, 0.29) is 13.2 Å². The number of carbonyl (C=O) groups is 4. The SMILES string of the molecule is C=CCOC(=O)[C@@H]1O[C@@H](OC(=O)CN2C(=O)[C@@H](N[C@@H](CCc3ccccc3)C(=O)OCC)CCc3ccccc32)[C@@H](O)[C@@H](O)[C@@H]1O. The van der Waals surface area contributed by atoms with Crippen molar-refractivity contribution in [1.29, 1.82) is 0 Å². The molecule has 2 aromatic rings. The number of nitrogens with zero attached hydrogens (tertiary/aromatic N) is 1. The van der Waals surface area contributed by atoms with Crippen LogP contribution in [0.2, 0.25) is 0 Å². The van der Waals surface area contributed by atoms with Gasteiger partial charge in [0.05, 0.1) is 12.6 Å². The van der Waals surface area contributed by atoms with Crippen LogP contribution in [0.4, 0.5) is 5.69 Å². The number of fused-ring (bicyclic) bond motifs is 1. The molecule has 4 N–H and O–H groups in total. The quantitative estimate of drug-likeness (QED) is 0.136. The summed E-state index contributed by atoms with van der Waals surface area (Å²) in [6, 6.07) is 14.9. The fourth-order valence-electron chi connectivity index (χ4n) is 5.40. The average Bonchev–Trinajstić information content (AvgIpc) is 3.18. The van der Waals surface area contributed by atoms with Gasteiger partial charge in [-0.15, -0.1) is 0 Å². The molecule has 2 aromatic carbocycles. The number of rotatable bonds is 13. The molecule has 1 saturated heterocycles. The van der Waals surface area contributed by atoms with Gasteiger partial charge < -0.3 is 34.3 Å². The van der Waals surface area contributed by atoms with Crippen molar-refractivity contribution in [3.05, 3.63) is 78.4 Å². The molecule has 0 aromatic heterocycles. The lowest BCUT2D eigenvalue weighted by Crippen LogP contribution is -2.61. The topological polar surface area (TPSA) is 181 Å². The Morgan fingerprint density at radius 2 is 1.76 bits per heavy atom. The highest BCUT2D eigenvalue weighted by atomic mass is 16.7. The van der Waals surface area contributed by atoms with Crippen LogP contribution in [0.15, 0.2) is 67.3 Å². The van der Waals surface area contributed by atoms with E-state index in [4.69, 9.17) is 18.9 Å². The second-order valence-corrected chi connectivity index (χ2v) is 10.9. The molecule has 1 amide bonds. The zero-order valence-corrected chi connectivity index (χ0v) is 25.5. The van der Waals surface area contributed by atoms with Crippen molar-refractivity contribution >= 4 is 29.5 Å². The van der Waals surface area contributed by atoms with Crippen LogP contribution in [-0.2, 0) is 51.0 Å². The van der Waals surface area contributed by atoms with E-state index in [1.54, 1.807) is 25.1 Å². The number of hydrogen-bond acceptors (Lipinski definition) is 12. The summed E-state index contributed by atoms with van der Waals surface area (Å²) in [5.74, 6) is -3.08. The number of carbonyl (C=O) groups excluding carboxylic acids is 4. The maximum atomic E-state index is 14.0. The summed E-state index contributed by atoms with van der Waals surface area (Å²) in [5, 5.41) is 34.2. The summed E-state index contributed by atoms with van der Waals surface area (Å²) in [6.07, 6.45) is -6.30. The largest absolute Gasteiger partial charge is 0.465 e. The Morgan fingerprint density at radius 3 is 2.48 bits per heavy atom. The van der Waals surface area contributed by atoms with E-state index in [0.717, 1.165) is 11.1 Å². The summed E-state index contributed by atoms with van der Waals surface area (Å²) in [4.78, 5) is 53.8. The van der Waals surface area contributed by atoms with E-state index >= 15 is 0 Å². The smallest absolute Gasteiger partial charge is 0.338 e. The number of hydrogen-bond donors (Lipinski definition) is 4. The van der Waals surface area contributed by atoms with Crippen LogP contribution in [0.25, 0.3) is 0 Å². The molecule has 2 aliphatic heterocycles. The molecule has 7 atom stereocenters. The van der Waals surface area contributed by atoms with E-state index < -0.39 is 73.1 Å². The van der Waals surface area contributed by atoms with Crippen LogP contribution < -0.4 is 10.2 Å². The van der Waals surface area contributed by atoms with Crippen molar-refractivity contribution in [3.8, 4) is 0 Å². The lowest BCUT2D eigenvalue weighted by atomic mass is 9.99. The third-order valence-electron chi connectivity index (χ3n) is 7.77. The molecule has 0 radical (unpaired) electrons. The Kier molecular flexibility index (Phi) is 12.4. The van der Waals surface area contributed by atoms with Crippen LogP contribution in [0, 0.1) is 0 Å². The van der Waals surface area contributed by atoms with Gasteiger partial charge in [-0.25, -0.2) is 4.79 Å². The Hall–Kier alpha value is -4.14. The fraction of sp³-hybridized carbons (Fsp3) is 0.455. The van der Waals surface area contributed by atoms with Gasteiger partial charge >= 0.3 is 17.9 Å². The highest BCUT2D eigenvalue weighted by Gasteiger charge is 2.49. The molecule has 0 unspecified atom stereocenters. The number of aliphatic hydroxyl groups is 3. The lowest BCUT2D eigenvalue weighted by Gasteiger charge is -2.38. The summed E-state index contributed by atoms with van der Waals surface area (Å²) < 4.78 is 20.8. The Balaban J connectivity index is 1.51. The first-order chi connectivity index (χ1) is 22.1. The molecule has 0 spiro atoms. The molecule has 4 rings (SSSR count). The van der Waals surface area contributed by atoms with Crippen LogP contribution >= 0.6 is 0 Å². The van der Waals surface area contributed by atoms with E-state index in [2.05, 4.69) is 11.9 Å². The van der Waals surface area contributed by atoms with Crippen molar-refractivity contribution in [2.75, 3.05) is 24.7 Å². The number of benzene rings is 2. The highest BCUT2D eigenvalue weighted by Crippen LogP contribution is 2.28. The average molecular weight is 641 g/mol. The zero-order chi connectivity index (χ0) is 33.2. The molecule has 0 aliphatic carbocycles. The Labute approximate surface area is 266 Å². The van der Waals surface area contributed by atoms with Gasteiger partial charge in [0, 0.05) is 5.69 Å². The number of ether oxygens (including phenoxy) is 4. The number of amides is 1. The minimum absolute atomic E-state index is 0.165. The van der Waals surface area contributed by atoms with Crippen molar-refractivity contribution in [1.82, 2.24) is 5.32 Å². The van der Waals surface area contributed by atoms with Gasteiger partial charge in [0.15, 0.2) is 6.10 Å². The summed E-state index contributed by atoms with van der Waals surface area (Å²) in [6.45, 7) is 4.46. The van der Waals surface area contributed by atoms with Gasteiger partial charge in [0.2, 0.25) is 12.2 Å². The molecular weight excluding hydrogens is 600 g/mol. The normalized spacial score (nSPS) is 25.0. The molecule has 2 heterocycles. The van der Waals surface area contributed by atoms with Gasteiger partial charge in [-0.1, -0.05) is 61.2 Å². The van der Waals surface area contributed by atoms with Crippen molar-refractivity contribution in [3.63, 3.8) is 0 Å². The molecule has 0 bridgehead atoms. The maximum absolute atomic E-state index is 14.0. The van der Waals surface area contributed by atoms with Crippen molar-refractivity contribution < 1.29 is 53.4 Å². The molecule has 0 saturated carbocycles. The second-order valence-electron chi connectivity index (χ2n) is 10.9. The molecule has 13 nitrogen and oxygen atoms in total. The number of esters is 3. The Bertz CT molecular complexity index is 1370. The molecule has 248 valence electrons. The standard InChI is InChI=1S/C33H40N2O11/c1-3-18-44-32(42)29-27(38)26(37)28(39)33(46-29)45-25(36)19-35-24-13-9-8-12-21(24)15-17-22(30(35)40)34-23(31(41)43-4-2)16-14-20-10-6-5-7-11-20/h3,5-13,22-23,26-29,33-34,37-39H,1,4,14-19H2,2H3/t22-,23-,26-,27-,28-,29+,33+/m0/s1. The van der Waals surface area contributed by atoms with Gasteiger partial charge in [-0.2, -0.15) is 0 Å². The minimum Gasteiger partial charge on any atom is -0.465 e. The zero-order valence-electron chi connectivity index (χ0n) is 25.5. The molecule has 13 heteroatoms. The summed E-state index contributed by atoms with van der Waals surface area (Å²) >= 11 is 0. The van der Waals surface area contributed by atoms with Gasteiger partial charge in [0.25, 0.3) is 0 Å². The minimum atomic E-state index is -1.90. The van der Waals surface area contributed by atoms with Crippen LogP contribution in [0.5, 0.6) is 0 Å². The molecular formula is C33H40N2O11. The van der Waals surface area contributed by atoms with E-state index in [0.29, 0.717) is 31.4 Å². The summed E-state index contributed by atoms with van der Waals surface area (Å²) in [7, 11) is 0. The number of anilines is 1. The van der Waals surface area contributed by atoms with Crippen LogP contribution in [0.1, 0.15) is 30.9 Å². The number of aliphatic hydroxyl groups excluding tert-OH is 3. The third-order valence-corrected chi connectivity index (χ3v) is 7.77. The highest BCUT2D eigenvalue weighted by molar-refractivity contribution is 6.02. The molecule has 1 fully saturated rings. The van der Waals surface area contributed by atoms with Crippen LogP contribution in [-0.4, -0.2) is 102 Å². The van der Waals surface area contributed by atoms with E-state index in [9.17, 15) is 34.5 Å². The lowest BCUT2D eigenvalue weighted by molar-refractivity contribution is -0.286. The van der Waals surface area contributed by atoms with E-state index in [1.807, 2.05) is 36.4 Å². The first-order valence-corrected chi connectivity index (χ1v) is 15.2. The maximum Gasteiger partial charge on any atom is 0.338 e. The van der Waals surface area contributed by atoms with Gasteiger partial charge in [-0.05, 0) is 49.8 Å². The number of aryl methyl sites for hydroxylation is 2. The first-order valence-electron chi connectivity index (χ1n) is 15.2. The predicted octanol–water partition coefficient (Wildman–Crippen LogP) is 0.569. The van der Waals surface area contributed by atoms with Crippen LogP contribution in [0.3, 0.4) is 0 Å². The van der Waals surface area contributed by atoms with Crippen molar-refractivity contribution in [2.45, 2.75) is 75.4 Å². The third kappa shape index (κ3) is 8.56. The number of para-hydroxylation sites is 1. The van der Waals surface area contributed by atoms with Crippen molar-refractivity contribution in [2.24, 2.45) is 0 Å². The monoisotopic (exact) mass is 640 g/mol. The van der Waals surface area contributed by atoms with Gasteiger partial charge in [0.1, 0.15) is 37.5 Å². The van der Waals surface area contributed by atoms with E-state index in [1.165, 1.54) is 11.0 Å². The Morgan fingerprint density at radius 1 is 1.04 bits per heavy atom. The number of nitrogens with one attached hydrogen (secondary N) is 1. The molecule has 46 heavy (non-hydrogen) atoms.